The van der Waals surface area contributed by atoms with Crippen LogP contribution < -0.4 is 5.73 Å². The standard InChI is InChI=1S/C26H34N2/c1-6-9-12-24(25(20(5)28-8-3)26(27)19(4)7-2)18-21-15-16-22-13-10-11-14-23(22)17-21/h8,10-17H,6-7,9,18,27H2,1-5H3/b24-12-,25-20-,26-19-,28-8?. The lowest BCUT2D eigenvalue weighted by Gasteiger charge is -2.18. The number of aliphatic imine (C=N–C) groups is 1. The topological polar surface area (TPSA) is 38.4 Å². The van der Waals surface area contributed by atoms with Crippen LogP contribution in [0.4, 0.5) is 0 Å². The first-order valence-electron chi connectivity index (χ1n) is 10.3. The monoisotopic (exact) mass is 374 g/mol. The Labute approximate surface area is 170 Å². The number of hydrogen-bond donors (Lipinski definition) is 1. The van der Waals surface area contributed by atoms with Crippen molar-refractivity contribution in [2.45, 2.75) is 60.3 Å². The molecule has 0 fully saturated rings. The van der Waals surface area contributed by atoms with Crippen LogP contribution in [0.2, 0.25) is 0 Å². The van der Waals surface area contributed by atoms with Gasteiger partial charge in [-0.1, -0.05) is 68.8 Å². The highest BCUT2D eigenvalue weighted by atomic mass is 14.7. The third kappa shape index (κ3) is 5.45. The van der Waals surface area contributed by atoms with E-state index in [9.17, 15) is 0 Å². The molecule has 2 nitrogen and oxygen atoms in total. The zero-order valence-corrected chi connectivity index (χ0v) is 18.0. The predicted octanol–water partition coefficient (Wildman–Crippen LogP) is 7.12. The third-order valence-electron chi connectivity index (χ3n) is 5.15. The molecule has 0 aliphatic carbocycles. The summed E-state index contributed by atoms with van der Waals surface area (Å²) in [7, 11) is 0. The van der Waals surface area contributed by atoms with Gasteiger partial charge in [-0.3, -0.25) is 4.99 Å². The molecule has 0 heterocycles. The van der Waals surface area contributed by atoms with Crippen LogP contribution in [0.3, 0.4) is 0 Å². The molecule has 2 heteroatoms. The predicted molar refractivity (Wildman–Crippen MR) is 125 cm³/mol. The van der Waals surface area contributed by atoms with Crippen LogP contribution >= 0.6 is 0 Å². The van der Waals surface area contributed by atoms with E-state index >= 15 is 0 Å². The average molecular weight is 375 g/mol. The van der Waals surface area contributed by atoms with E-state index in [0.29, 0.717) is 0 Å². The number of hydrogen-bond acceptors (Lipinski definition) is 2. The maximum Gasteiger partial charge on any atom is 0.0464 e. The van der Waals surface area contributed by atoms with Crippen molar-refractivity contribution in [1.29, 1.82) is 0 Å². The molecular weight excluding hydrogens is 340 g/mol. The molecule has 0 amide bonds. The Kier molecular flexibility index (Phi) is 8.25. The molecule has 0 saturated carbocycles. The summed E-state index contributed by atoms with van der Waals surface area (Å²) in [4.78, 5) is 4.58. The van der Waals surface area contributed by atoms with Gasteiger partial charge >= 0.3 is 0 Å². The molecule has 2 aromatic rings. The summed E-state index contributed by atoms with van der Waals surface area (Å²) >= 11 is 0. The Morgan fingerprint density at radius 2 is 1.75 bits per heavy atom. The first-order chi connectivity index (χ1) is 13.5. The van der Waals surface area contributed by atoms with Crippen LogP contribution in [0.25, 0.3) is 10.8 Å². The molecule has 0 radical (unpaired) electrons. The van der Waals surface area contributed by atoms with Crippen molar-refractivity contribution in [2.24, 2.45) is 10.7 Å². The van der Waals surface area contributed by atoms with E-state index in [1.165, 1.54) is 27.5 Å². The van der Waals surface area contributed by atoms with Crippen molar-refractivity contribution >= 4 is 17.0 Å². The molecule has 148 valence electrons. The summed E-state index contributed by atoms with van der Waals surface area (Å²) in [6.07, 6.45) is 8.13. The number of nitrogens with zero attached hydrogens (tertiary/aromatic N) is 1. The quantitative estimate of drug-likeness (QED) is 0.388. The number of nitrogens with two attached hydrogens (primary N) is 1. The summed E-state index contributed by atoms with van der Waals surface area (Å²) in [6, 6.07) is 15.2. The van der Waals surface area contributed by atoms with Gasteiger partial charge in [-0.25, -0.2) is 0 Å². The molecule has 0 aromatic heterocycles. The largest absolute Gasteiger partial charge is 0.398 e. The minimum Gasteiger partial charge on any atom is -0.398 e. The Bertz CT molecular complexity index is 926. The number of benzene rings is 2. The second-order valence-electron chi connectivity index (χ2n) is 7.27. The average Bonchev–Trinajstić information content (AvgIpc) is 2.71. The van der Waals surface area contributed by atoms with Gasteiger partial charge < -0.3 is 5.73 Å². The van der Waals surface area contributed by atoms with Crippen molar-refractivity contribution < 1.29 is 0 Å². The van der Waals surface area contributed by atoms with E-state index in [2.05, 4.69) is 81.2 Å². The molecule has 0 bridgehead atoms. The zero-order valence-electron chi connectivity index (χ0n) is 18.0. The van der Waals surface area contributed by atoms with Gasteiger partial charge in [0.1, 0.15) is 0 Å². The van der Waals surface area contributed by atoms with Crippen molar-refractivity contribution in [2.75, 3.05) is 0 Å². The smallest absolute Gasteiger partial charge is 0.0464 e. The lowest BCUT2D eigenvalue weighted by atomic mass is 9.90. The number of allylic oxidation sites excluding steroid dienone is 4. The molecule has 0 unspecified atom stereocenters. The van der Waals surface area contributed by atoms with Gasteiger partial charge in [0.15, 0.2) is 0 Å². The first kappa shape index (κ1) is 21.7. The summed E-state index contributed by atoms with van der Waals surface area (Å²) in [5.74, 6) is 0. The van der Waals surface area contributed by atoms with E-state index in [1.807, 2.05) is 13.1 Å². The van der Waals surface area contributed by atoms with Crippen LogP contribution in [-0.4, -0.2) is 6.21 Å². The van der Waals surface area contributed by atoms with E-state index in [0.717, 1.165) is 42.7 Å². The van der Waals surface area contributed by atoms with E-state index in [1.54, 1.807) is 0 Å². The Hall–Kier alpha value is -2.61. The molecule has 0 aliphatic rings. The lowest BCUT2D eigenvalue weighted by molar-refractivity contribution is 0.935. The normalized spacial score (nSPS) is 14.4. The van der Waals surface area contributed by atoms with Crippen molar-refractivity contribution in [3.63, 3.8) is 0 Å². The first-order valence-corrected chi connectivity index (χ1v) is 10.3. The van der Waals surface area contributed by atoms with Crippen molar-refractivity contribution in [1.82, 2.24) is 0 Å². The molecule has 0 atom stereocenters. The van der Waals surface area contributed by atoms with Crippen LogP contribution in [0.15, 0.2) is 81.6 Å². The second-order valence-corrected chi connectivity index (χ2v) is 7.27. The van der Waals surface area contributed by atoms with Crippen LogP contribution in [0, 0.1) is 0 Å². The van der Waals surface area contributed by atoms with E-state index in [4.69, 9.17) is 5.73 Å². The fourth-order valence-electron chi connectivity index (χ4n) is 3.41. The van der Waals surface area contributed by atoms with Crippen molar-refractivity contribution in [3.05, 3.63) is 82.2 Å². The molecular formula is C26H34N2. The van der Waals surface area contributed by atoms with Gasteiger partial charge in [0.2, 0.25) is 0 Å². The van der Waals surface area contributed by atoms with Gasteiger partial charge in [0.05, 0.1) is 0 Å². The molecule has 2 rings (SSSR count). The Morgan fingerprint density at radius 1 is 1.04 bits per heavy atom. The van der Waals surface area contributed by atoms with Crippen LogP contribution in [0.5, 0.6) is 0 Å². The number of rotatable bonds is 8. The van der Waals surface area contributed by atoms with E-state index < -0.39 is 0 Å². The molecule has 2 aromatic carbocycles. The second kappa shape index (κ2) is 10.7. The maximum atomic E-state index is 6.63. The fourth-order valence-corrected chi connectivity index (χ4v) is 3.41. The van der Waals surface area contributed by atoms with Gasteiger partial charge in [0.25, 0.3) is 0 Å². The third-order valence-corrected chi connectivity index (χ3v) is 5.15. The van der Waals surface area contributed by atoms with Crippen LogP contribution in [-0.2, 0) is 6.42 Å². The molecule has 0 aliphatic heterocycles. The minimum atomic E-state index is 0.856. The Balaban J connectivity index is 2.56. The summed E-state index contributed by atoms with van der Waals surface area (Å²) in [6.45, 7) is 10.5. The number of fused-ring (bicyclic) bond motifs is 1. The van der Waals surface area contributed by atoms with Crippen LogP contribution in [0.1, 0.15) is 59.4 Å². The molecule has 0 spiro atoms. The number of unbranched alkanes of at least 4 members (excludes halogenated alkanes) is 1. The van der Waals surface area contributed by atoms with Gasteiger partial charge in [0, 0.05) is 23.2 Å². The lowest BCUT2D eigenvalue weighted by Crippen LogP contribution is -2.10. The Morgan fingerprint density at radius 3 is 2.39 bits per heavy atom. The molecule has 2 N–H and O–H groups in total. The summed E-state index contributed by atoms with van der Waals surface area (Å²) < 4.78 is 0. The van der Waals surface area contributed by atoms with Gasteiger partial charge in [-0.05, 0) is 67.5 Å². The maximum absolute atomic E-state index is 6.63. The molecule has 28 heavy (non-hydrogen) atoms. The SMILES string of the molecule is CC=N/C(C)=C(C(=C\CCC)/Cc1ccc2ccccc2c1)\C(N)=C(/C)CC. The van der Waals surface area contributed by atoms with Gasteiger partial charge in [-0.15, -0.1) is 0 Å². The van der Waals surface area contributed by atoms with Crippen molar-refractivity contribution in [3.8, 4) is 0 Å². The van der Waals surface area contributed by atoms with Gasteiger partial charge in [-0.2, -0.15) is 0 Å². The zero-order chi connectivity index (χ0) is 20.5. The highest BCUT2D eigenvalue weighted by molar-refractivity contribution is 5.83. The van der Waals surface area contributed by atoms with E-state index in [-0.39, 0.29) is 0 Å². The fraction of sp³-hybridized carbons (Fsp3) is 0.346. The minimum absolute atomic E-state index is 0.856. The summed E-state index contributed by atoms with van der Waals surface area (Å²) in [5, 5.41) is 2.55. The molecule has 0 saturated heterocycles. The summed E-state index contributed by atoms with van der Waals surface area (Å²) in [5.41, 5.74) is 13.4. The highest BCUT2D eigenvalue weighted by Gasteiger charge is 2.15. The highest BCUT2D eigenvalue weighted by Crippen LogP contribution is 2.29.